The highest BCUT2D eigenvalue weighted by Gasteiger charge is 2.22. The Morgan fingerprint density at radius 2 is 2.07 bits per heavy atom. The fourth-order valence-electron chi connectivity index (χ4n) is 2.30. The maximum absolute atomic E-state index is 11.1. The van der Waals surface area contributed by atoms with Gasteiger partial charge in [-0.25, -0.2) is 0 Å². The molecular weight excluding hydrogens is 176 g/mol. The summed E-state index contributed by atoms with van der Waals surface area (Å²) in [6.45, 7) is 3.34. The summed E-state index contributed by atoms with van der Waals surface area (Å²) >= 11 is 0. The van der Waals surface area contributed by atoms with Crippen LogP contribution in [-0.2, 0) is 4.79 Å². The zero-order valence-corrected chi connectivity index (χ0v) is 9.33. The van der Waals surface area contributed by atoms with Gasteiger partial charge < -0.3 is 10.6 Å². The molecule has 0 saturated heterocycles. The first-order chi connectivity index (χ1) is 6.63. The molecule has 1 saturated carbocycles. The maximum Gasteiger partial charge on any atom is 0.219 e. The molecule has 0 spiro atoms. The minimum atomic E-state index is 0.167. The van der Waals surface area contributed by atoms with E-state index in [-0.39, 0.29) is 5.91 Å². The largest absolute Gasteiger partial charge is 0.346 e. The lowest BCUT2D eigenvalue weighted by molar-refractivity contribution is -0.128. The third-order valence-corrected chi connectivity index (χ3v) is 3.29. The molecule has 82 valence electrons. The number of nitrogens with two attached hydrogens (primary N) is 1. The summed E-state index contributed by atoms with van der Waals surface area (Å²) in [4.78, 5) is 12.9. The van der Waals surface area contributed by atoms with E-state index in [1.807, 2.05) is 11.9 Å². The number of carbonyl (C=O) groups is 1. The molecule has 1 fully saturated rings. The molecule has 0 radical (unpaired) electrons. The first kappa shape index (κ1) is 11.5. The molecule has 0 aromatic carbocycles. The van der Waals surface area contributed by atoms with Crippen LogP contribution in [0.5, 0.6) is 0 Å². The quantitative estimate of drug-likeness (QED) is 0.741. The summed E-state index contributed by atoms with van der Waals surface area (Å²) in [5.41, 5.74) is 5.68. The number of hydrogen-bond acceptors (Lipinski definition) is 2. The summed E-state index contributed by atoms with van der Waals surface area (Å²) in [6, 6.07) is 0. The van der Waals surface area contributed by atoms with E-state index in [0.29, 0.717) is 11.8 Å². The molecule has 0 bridgehead atoms. The summed E-state index contributed by atoms with van der Waals surface area (Å²) in [7, 11) is 1.88. The second-order valence-electron chi connectivity index (χ2n) is 4.53. The summed E-state index contributed by atoms with van der Waals surface area (Å²) in [6.07, 6.45) is 5.01. The smallest absolute Gasteiger partial charge is 0.219 e. The second kappa shape index (κ2) is 5.35. The fraction of sp³-hybridized carbons (Fsp3) is 0.909. The standard InChI is InChI=1S/C11H22N2O/c1-9(14)13(2)8-11-5-3-4-10(6-11)7-12/h10-11H,3-8,12H2,1-2H3. The number of carbonyl (C=O) groups excluding carboxylic acids is 1. The van der Waals surface area contributed by atoms with Crippen LogP contribution in [0.25, 0.3) is 0 Å². The van der Waals surface area contributed by atoms with E-state index in [1.54, 1.807) is 6.92 Å². The normalized spacial score (nSPS) is 27.4. The average molecular weight is 198 g/mol. The molecule has 0 aromatic heterocycles. The predicted octanol–water partition coefficient (Wildman–Crippen LogP) is 1.23. The number of amides is 1. The minimum Gasteiger partial charge on any atom is -0.346 e. The van der Waals surface area contributed by atoms with Gasteiger partial charge in [0.2, 0.25) is 5.91 Å². The molecule has 3 nitrogen and oxygen atoms in total. The van der Waals surface area contributed by atoms with Crippen molar-refractivity contribution in [1.29, 1.82) is 0 Å². The molecule has 0 aliphatic heterocycles. The number of nitrogens with zero attached hydrogens (tertiary/aromatic N) is 1. The lowest BCUT2D eigenvalue weighted by Crippen LogP contribution is -2.33. The van der Waals surface area contributed by atoms with Crippen LogP contribution in [0.15, 0.2) is 0 Å². The lowest BCUT2D eigenvalue weighted by Gasteiger charge is -2.31. The van der Waals surface area contributed by atoms with Crippen molar-refractivity contribution in [2.75, 3.05) is 20.1 Å². The third-order valence-electron chi connectivity index (χ3n) is 3.29. The van der Waals surface area contributed by atoms with Crippen LogP contribution in [0.1, 0.15) is 32.6 Å². The maximum atomic E-state index is 11.1. The predicted molar refractivity (Wildman–Crippen MR) is 57.8 cm³/mol. The van der Waals surface area contributed by atoms with Gasteiger partial charge in [0.1, 0.15) is 0 Å². The van der Waals surface area contributed by atoms with Crippen LogP contribution in [0.3, 0.4) is 0 Å². The van der Waals surface area contributed by atoms with Crippen LogP contribution < -0.4 is 5.73 Å². The Morgan fingerprint density at radius 3 is 2.64 bits per heavy atom. The Hall–Kier alpha value is -0.570. The Kier molecular flexibility index (Phi) is 4.39. The minimum absolute atomic E-state index is 0.167. The molecule has 1 aliphatic rings. The first-order valence-corrected chi connectivity index (χ1v) is 5.55. The molecule has 1 rings (SSSR count). The highest BCUT2D eigenvalue weighted by atomic mass is 16.2. The molecule has 2 N–H and O–H groups in total. The van der Waals surface area contributed by atoms with Crippen LogP contribution in [0.4, 0.5) is 0 Å². The SMILES string of the molecule is CC(=O)N(C)CC1CCCC(CN)C1. The van der Waals surface area contributed by atoms with Crippen molar-refractivity contribution < 1.29 is 4.79 Å². The van der Waals surface area contributed by atoms with Crippen molar-refractivity contribution >= 4 is 5.91 Å². The van der Waals surface area contributed by atoms with Crippen molar-refractivity contribution in [1.82, 2.24) is 4.90 Å². The van der Waals surface area contributed by atoms with Crippen LogP contribution in [-0.4, -0.2) is 30.9 Å². The molecular formula is C11H22N2O. The summed E-state index contributed by atoms with van der Waals surface area (Å²) in [5.74, 6) is 1.53. The molecule has 2 unspecified atom stereocenters. The van der Waals surface area contributed by atoms with Gasteiger partial charge in [0.15, 0.2) is 0 Å². The molecule has 1 amide bonds. The highest BCUT2D eigenvalue weighted by Crippen LogP contribution is 2.28. The van der Waals surface area contributed by atoms with Gasteiger partial charge in [0.25, 0.3) is 0 Å². The first-order valence-electron chi connectivity index (χ1n) is 5.55. The average Bonchev–Trinajstić information content (AvgIpc) is 2.18. The molecule has 0 heterocycles. The summed E-state index contributed by atoms with van der Waals surface area (Å²) in [5, 5.41) is 0. The van der Waals surface area contributed by atoms with Gasteiger partial charge in [-0.05, 0) is 37.6 Å². The van der Waals surface area contributed by atoms with E-state index in [4.69, 9.17) is 5.73 Å². The zero-order chi connectivity index (χ0) is 10.6. The monoisotopic (exact) mass is 198 g/mol. The van der Waals surface area contributed by atoms with Crippen molar-refractivity contribution in [3.8, 4) is 0 Å². The Balaban J connectivity index is 2.33. The van der Waals surface area contributed by atoms with Crippen LogP contribution in [0, 0.1) is 11.8 Å². The van der Waals surface area contributed by atoms with E-state index in [1.165, 1.54) is 25.7 Å². The van der Waals surface area contributed by atoms with Crippen LogP contribution >= 0.6 is 0 Å². The van der Waals surface area contributed by atoms with Crippen molar-refractivity contribution in [2.24, 2.45) is 17.6 Å². The molecule has 1 aliphatic carbocycles. The zero-order valence-electron chi connectivity index (χ0n) is 9.33. The second-order valence-corrected chi connectivity index (χ2v) is 4.53. The summed E-state index contributed by atoms with van der Waals surface area (Å²) < 4.78 is 0. The highest BCUT2D eigenvalue weighted by molar-refractivity contribution is 5.72. The van der Waals surface area contributed by atoms with E-state index < -0.39 is 0 Å². The number of hydrogen-bond donors (Lipinski definition) is 1. The van der Waals surface area contributed by atoms with Gasteiger partial charge in [0.05, 0.1) is 0 Å². The third kappa shape index (κ3) is 3.29. The van der Waals surface area contributed by atoms with Gasteiger partial charge in [-0.2, -0.15) is 0 Å². The van der Waals surface area contributed by atoms with Gasteiger partial charge in [-0.1, -0.05) is 6.42 Å². The van der Waals surface area contributed by atoms with E-state index in [2.05, 4.69) is 0 Å². The topological polar surface area (TPSA) is 46.3 Å². The fourth-order valence-corrected chi connectivity index (χ4v) is 2.30. The van der Waals surface area contributed by atoms with Crippen molar-refractivity contribution in [3.63, 3.8) is 0 Å². The van der Waals surface area contributed by atoms with Gasteiger partial charge in [0, 0.05) is 20.5 Å². The lowest BCUT2D eigenvalue weighted by atomic mass is 9.81. The molecule has 3 heteroatoms. The Morgan fingerprint density at radius 1 is 1.43 bits per heavy atom. The van der Waals surface area contributed by atoms with E-state index in [9.17, 15) is 4.79 Å². The van der Waals surface area contributed by atoms with Crippen molar-refractivity contribution in [2.45, 2.75) is 32.6 Å². The van der Waals surface area contributed by atoms with E-state index in [0.717, 1.165) is 13.1 Å². The Bertz CT molecular complexity index is 194. The number of rotatable bonds is 3. The van der Waals surface area contributed by atoms with E-state index >= 15 is 0 Å². The molecule has 0 aromatic rings. The molecule has 2 atom stereocenters. The van der Waals surface area contributed by atoms with Gasteiger partial charge in [-0.15, -0.1) is 0 Å². The van der Waals surface area contributed by atoms with Crippen molar-refractivity contribution in [3.05, 3.63) is 0 Å². The van der Waals surface area contributed by atoms with Crippen LogP contribution in [0.2, 0.25) is 0 Å². The van der Waals surface area contributed by atoms with Gasteiger partial charge in [-0.3, -0.25) is 4.79 Å². The van der Waals surface area contributed by atoms with Gasteiger partial charge >= 0.3 is 0 Å². The Labute approximate surface area is 86.6 Å². The molecule has 14 heavy (non-hydrogen) atoms.